The van der Waals surface area contributed by atoms with Crippen LogP contribution in [-0.4, -0.2) is 55.7 Å². The first-order chi connectivity index (χ1) is 15.0. The predicted molar refractivity (Wildman–Crippen MR) is 124 cm³/mol. The maximum absolute atomic E-state index is 13.0. The molecule has 0 aliphatic carbocycles. The van der Waals surface area contributed by atoms with Crippen LogP contribution in [0.4, 0.5) is 10.5 Å². The average molecular weight is 444 g/mol. The third kappa shape index (κ3) is 5.85. The molecule has 31 heavy (non-hydrogen) atoms. The van der Waals surface area contributed by atoms with Crippen molar-refractivity contribution >= 4 is 29.4 Å². The van der Waals surface area contributed by atoms with E-state index in [2.05, 4.69) is 10.6 Å². The van der Waals surface area contributed by atoms with Crippen molar-refractivity contribution in [1.29, 1.82) is 0 Å². The van der Waals surface area contributed by atoms with Gasteiger partial charge in [0.15, 0.2) is 11.5 Å². The number of hydrogen-bond donors (Lipinski definition) is 2. The largest absolute Gasteiger partial charge is 0.493 e. The van der Waals surface area contributed by atoms with E-state index in [1.807, 2.05) is 48.7 Å². The average Bonchev–Trinajstić information content (AvgIpc) is 2.80. The van der Waals surface area contributed by atoms with Crippen molar-refractivity contribution in [2.45, 2.75) is 25.4 Å². The second kappa shape index (κ2) is 10.9. The first-order valence-electron chi connectivity index (χ1n) is 10.2. The van der Waals surface area contributed by atoms with Crippen LogP contribution < -0.4 is 20.1 Å². The molecule has 1 aliphatic rings. The number of carbonyl (C=O) groups is 2. The lowest BCUT2D eigenvalue weighted by Crippen LogP contribution is -2.50. The SMILES string of the molecule is COc1cc2c(cc1OC)CN(C(=O)N[C@@H](CCSC)C(=O)Nc1ccccc1)CC2. The Hall–Kier alpha value is -2.87. The Labute approximate surface area is 187 Å². The predicted octanol–water partition coefficient (Wildman–Crippen LogP) is 3.53. The molecule has 1 atom stereocenters. The molecular formula is C23H29N3O4S. The summed E-state index contributed by atoms with van der Waals surface area (Å²) in [4.78, 5) is 27.5. The molecule has 0 bridgehead atoms. The molecule has 3 rings (SSSR count). The molecule has 3 amide bonds. The van der Waals surface area contributed by atoms with Crippen LogP contribution in [0, 0.1) is 0 Å². The van der Waals surface area contributed by atoms with Crippen molar-refractivity contribution in [3.8, 4) is 11.5 Å². The van der Waals surface area contributed by atoms with Crippen LogP contribution in [0.2, 0.25) is 0 Å². The summed E-state index contributed by atoms with van der Waals surface area (Å²) in [6, 6.07) is 12.3. The van der Waals surface area contributed by atoms with E-state index in [4.69, 9.17) is 9.47 Å². The minimum absolute atomic E-state index is 0.211. The number of nitrogens with zero attached hydrogens (tertiary/aromatic N) is 1. The Morgan fingerprint density at radius 3 is 2.42 bits per heavy atom. The van der Waals surface area contributed by atoms with Gasteiger partial charge in [-0.05, 0) is 60.2 Å². The van der Waals surface area contributed by atoms with Crippen LogP contribution in [0.15, 0.2) is 42.5 Å². The first-order valence-corrected chi connectivity index (χ1v) is 11.6. The van der Waals surface area contributed by atoms with Crippen LogP contribution in [0.3, 0.4) is 0 Å². The van der Waals surface area contributed by atoms with Gasteiger partial charge in [-0.1, -0.05) is 18.2 Å². The smallest absolute Gasteiger partial charge is 0.318 e. The van der Waals surface area contributed by atoms with E-state index in [0.29, 0.717) is 36.7 Å². The number of rotatable bonds is 8. The summed E-state index contributed by atoms with van der Waals surface area (Å²) in [7, 11) is 3.21. The van der Waals surface area contributed by atoms with Gasteiger partial charge in [-0.25, -0.2) is 4.79 Å². The Kier molecular flexibility index (Phi) is 8.06. The highest BCUT2D eigenvalue weighted by Gasteiger charge is 2.27. The molecule has 2 aromatic carbocycles. The summed E-state index contributed by atoms with van der Waals surface area (Å²) >= 11 is 1.64. The molecule has 166 valence electrons. The second-order valence-corrected chi connectivity index (χ2v) is 8.27. The van der Waals surface area contributed by atoms with Gasteiger partial charge < -0.3 is 25.0 Å². The molecule has 0 saturated carbocycles. The van der Waals surface area contributed by atoms with Crippen molar-refractivity contribution in [2.75, 3.05) is 38.1 Å². The van der Waals surface area contributed by atoms with Crippen molar-refractivity contribution in [1.82, 2.24) is 10.2 Å². The second-order valence-electron chi connectivity index (χ2n) is 7.29. The fourth-order valence-electron chi connectivity index (χ4n) is 3.55. The molecule has 0 unspecified atom stereocenters. The van der Waals surface area contributed by atoms with Gasteiger partial charge in [0.05, 0.1) is 14.2 Å². The monoisotopic (exact) mass is 443 g/mol. The molecule has 2 aromatic rings. The van der Waals surface area contributed by atoms with E-state index >= 15 is 0 Å². The fourth-order valence-corrected chi connectivity index (χ4v) is 4.02. The van der Waals surface area contributed by atoms with Crippen molar-refractivity contribution in [3.05, 3.63) is 53.6 Å². The molecule has 8 heteroatoms. The lowest BCUT2D eigenvalue weighted by molar-refractivity contribution is -0.118. The van der Waals surface area contributed by atoms with Gasteiger partial charge in [0, 0.05) is 18.8 Å². The number of amides is 3. The standard InChI is InChI=1S/C23H29N3O4S/c1-29-20-13-16-9-11-26(15-17(16)14-21(20)30-2)23(28)25-19(10-12-31-3)22(27)24-18-7-5-4-6-8-18/h4-8,13-14,19H,9-12,15H2,1-3H3,(H,24,27)(H,25,28)/t19-/m0/s1. The van der Waals surface area contributed by atoms with Crippen LogP contribution in [-0.2, 0) is 17.8 Å². The Morgan fingerprint density at radius 2 is 1.77 bits per heavy atom. The van der Waals surface area contributed by atoms with Gasteiger partial charge in [0.25, 0.3) is 0 Å². The zero-order valence-electron chi connectivity index (χ0n) is 18.1. The molecule has 7 nitrogen and oxygen atoms in total. The first kappa shape index (κ1) is 22.8. The summed E-state index contributed by atoms with van der Waals surface area (Å²) in [6.45, 7) is 1.03. The molecule has 1 aliphatic heterocycles. The highest BCUT2D eigenvalue weighted by Crippen LogP contribution is 2.33. The number of hydrogen-bond acceptors (Lipinski definition) is 5. The fraction of sp³-hybridized carbons (Fsp3) is 0.391. The third-order valence-electron chi connectivity index (χ3n) is 5.27. The summed E-state index contributed by atoms with van der Waals surface area (Å²) in [5.41, 5.74) is 2.87. The number of carbonyl (C=O) groups excluding carboxylic acids is 2. The molecule has 2 N–H and O–H groups in total. The Morgan fingerprint density at radius 1 is 1.10 bits per heavy atom. The minimum Gasteiger partial charge on any atom is -0.493 e. The molecule has 0 saturated heterocycles. The van der Waals surface area contributed by atoms with Crippen molar-refractivity contribution in [3.63, 3.8) is 0 Å². The van der Waals surface area contributed by atoms with Gasteiger partial charge in [0.2, 0.25) is 5.91 Å². The maximum Gasteiger partial charge on any atom is 0.318 e. The number of methoxy groups -OCH3 is 2. The summed E-state index contributed by atoms with van der Waals surface area (Å²) < 4.78 is 10.8. The van der Waals surface area contributed by atoms with Crippen LogP contribution in [0.25, 0.3) is 0 Å². The van der Waals surface area contributed by atoms with Crippen LogP contribution in [0.1, 0.15) is 17.5 Å². The van der Waals surface area contributed by atoms with E-state index in [1.54, 1.807) is 30.9 Å². The van der Waals surface area contributed by atoms with E-state index in [9.17, 15) is 9.59 Å². The van der Waals surface area contributed by atoms with E-state index in [1.165, 1.54) is 0 Å². The summed E-state index contributed by atoms with van der Waals surface area (Å²) in [5, 5.41) is 5.82. The highest BCUT2D eigenvalue weighted by atomic mass is 32.2. The zero-order chi connectivity index (χ0) is 22.2. The number of ether oxygens (including phenoxy) is 2. The van der Waals surface area contributed by atoms with E-state index in [-0.39, 0.29) is 11.9 Å². The van der Waals surface area contributed by atoms with Crippen LogP contribution >= 0.6 is 11.8 Å². The van der Waals surface area contributed by atoms with Gasteiger partial charge in [-0.3, -0.25) is 4.79 Å². The summed E-state index contributed by atoms with van der Waals surface area (Å²) in [5.74, 6) is 1.89. The lowest BCUT2D eigenvalue weighted by atomic mass is 9.99. The number of fused-ring (bicyclic) bond motifs is 1. The van der Waals surface area contributed by atoms with Crippen molar-refractivity contribution < 1.29 is 19.1 Å². The topological polar surface area (TPSA) is 79.9 Å². The molecule has 1 heterocycles. The number of para-hydroxylation sites is 1. The van der Waals surface area contributed by atoms with E-state index < -0.39 is 6.04 Å². The Bertz CT molecular complexity index is 907. The number of anilines is 1. The summed E-state index contributed by atoms with van der Waals surface area (Å²) in [6.07, 6.45) is 3.26. The molecule has 0 aromatic heterocycles. The Balaban J connectivity index is 1.68. The van der Waals surface area contributed by atoms with E-state index in [0.717, 1.165) is 23.3 Å². The lowest BCUT2D eigenvalue weighted by Gasteiger charge is -2.31. The molecule has 0 fully saturated rings. The number of benzene rings is 2. The number of thioether (sulfide) groups is 1. The highest BCUT2D eigenvalue weighted by molar-refractivity contribution is 7.98. The van der Waals surface area contributed by atoms with Gasteiger partial charge in [0.1, 0.15) is 6.04 Å². The quantitative estimate of drug-likeness (QED) is 0.653. The molecule has 0 radical (unpaired) electrons. The van der Waals surface area contributed by atoms with Crippen molar-refractivity contribution in [2.24, 2.45) is 0 Å². The molecule has 0 spiro atoms. The number of urea groups is 1. The number of nitrogens with one attached hydrogen (secondary N) is 2. The van der Waals surface area contributed by atoms with Gasteiger partial charge in [-0.2, -0.15) is 11.8 Å². The van der Waals surface area contributed by atoms with Gasteiger partial charge in [-0.15, -0.1) is 0 Å². The normalized spacial score (nSPS) is 13.7. The molecular weight excluding hydrogens is 414 g/mol. The van der Waals surface area contributed by atoms with Crippen LogP contribution in [0.5, 0.6) is 11.5 Å². The maximum atomic E-state index is 13.0. The van der Waals surface area contributed by atoms with Gasteiger partial charge >= 0.3 is 6.03 Å². The zero-order valence-corrected chi connectivity index (χ0v) is 19.0. The minimum atomic E-state index is -0.605. The third-order valence-corrected chi connectivity index (χ3v) is 5.92.